The van der Waals surface area contributed by atoms with Gasteiger partial charge in [-0.25, -0.2) is 14.8 Å². The number of fused-ring (bicyclic) bond motifs is 2. The van der Waals surface area contributed by atoms with E-state index in [1.165, 1.54) is 7.11 Å². The lowest BCUT2D eigenvalue weighted by Crippen LogP contribution is -2.43. The van der Waals surface area contributed by atoms with Gasteiger partial charge in [0.1, 0.15) is 5.69 Å². The maximum Gasteiger partial charge on any atom is 0.322 e. The highest BCUT2D eigenvalue weighted by molar-refractivity contribution is 5.99. The van der Waals surface area contributed by atoms with Gasteiger partial charge in [-0.2, -0.15) is 5.10 Å². The Morgan fingerprint density at radius 1 is 1.21 bits per heavy atom. The maximum atomic E-state index is 12.6. The zero-order valence-electron chi connectivity index (χ0n) is 16.2. The lowest BCUT2D eigenvalue weighted by molar-refractivity contribution is 0.186. The number of aromatic amines is 1. The molecule has 29 heavy (non-hydrogen) atoms. The number of carbonyl (C=O) groups is 1. The summed E-state index contributed by atoms with van der Waals surface area (Å²) in [5, 5.41) is 14.9. The number of rotatable bonds is 4. The lowest BCUT2D eigenvalue weighted by atomic mass is 9.96. The predicted octanol–water partition coefficient (Wildman–Crippen LogP) is 2.38. The molecule has 150 valence electrons. The third-order valence-electron chi connectivity index (χ3n) is 5.70. The standard InChI is InChI=1S/C20H23N7O2/c1-29-19-22-8-14(9-23-19)18-15-6-13-11-27(10-12-2-4-21-5-3-12)20(28)24-16(13)7-17(15)25-26-18/h6-9,12,21H,2-5,10-11H2,1H3,(H,24,28)(H,25,26). The number of nitrogens with one attached hydrogen (secondary N) is 3. The monoisotopic (exact) mass is 393 g/mol. The average molecular weight is 393 g/mol. The molecule has 4 heterocycles. The van der Waals surface area contributed by atoms with E-state index in [0.717, 1.165) is 65.9 Å². The first-order chi connectivity index (χ1) is 14.2. The summed E-state index contributed by atoms with van der Waals surface area (Å²) in [6, 6.07) is 4.34. The Bertz CT molecular complexity index is 1040. The Kier molecular flexibility index (Phi) is 4.51. The molecular formula is C20H23N7O2. The van der Waals surface area contributed by atoms with Gasteiger partial charge in [0.2, 0.25) is 0 Å². The first-order valence-electron chi connectivity index (χ1n) is 9.85. The molecule has 0 bridgehead atoms. The molecular weight excluding hydrogens is 370 g/mol. The molecule has 0 saturated carbocycles. The lowest BCUT2D eigenvalue weighted by Gasteiger charge is -2.33. The van der Waals surface area contributed by atoms with Crippen molar-refractivity contribution in [2.75, 3.05) is 32.1 Å². The van der Waals surface area contributed by atoms with E-state index in [9.17, 15) is 4.79 Å². The van der Waals surface area contributed by atoms with E-state index in [1.807, 2.05) is 11.0 Å². The smallest absolute Gasteiger partial charge is 0.322 e. The van der Waals surface area contributed by atoms with Gasteiger partial charge in [-0.3, -0.25) is 5.10 Å². The molecule has 9 nitrogen and oxygen atoms in total. The van der Waals surface area contributed by atoms with E-state index < -0.39 is 0 Å². The molecule has 0 aliphatic carbocycles. The van der Waals surface area contributed by atoms with Gasteiger partial charge in [0.25, 0.3) is 0 Å². The SMILES string of the molecule is COc1ncc(-c2n[nH]c3cc4c(cc23)CN(CC2CCNCC2)C(=O)N4)cn1. The van der Waals surface area contributed by atoms with Crippen molar-refractivity contribution >= 4 is 22.6 Å². The van der Waals surface area contributed by atoms with E-state index in [-0.39, 0.29) is 6.03 Å². The van der Waals surface area contributed by atoms with Gasteiger partial charge in [0.05, 0.1) is 12.6 Å². The molecule has 2 aromatic heterocycles. The number of H-pyrrole nitrogens is 1. The Labute approximate surface area is 167 Å². The molecule has 0 spiro atoms. The number of urea groups is 1. The number of ether oxygens (including phenoxy) is 1. The third-order valence-corrected chi connectivity index (χ3v) is 5.70. The van der Waals surface area contributed by atoms with Crippen molar-refractivity contribution in [3.63, 3.8) is 0 Å². The first kappa shape index (κ1) is 17.9. The quantitative estimate of drug-likeness (QED) is 0.628. The van der Waals surface area contributed by atoms with Crippen molar-refractivity contribution in [2.24, 2.45) is 5.92 Å². The predicted molar refractivity (Wildman–Crippen MR) is 109 cm³/mol. The topological polar surface area (TPSA) is 108 Å². The first-order valence-corrected chi connectivity index (χ1v) is 9.85. The summed E-state index contributed by atoms with van der Waals surface area (Å²) in [4.78, 5) is 22.9. The van der Waals surface area contributed by atoms with Gasteiger partial charge < -0.3 is 20.3 Å². The van der Waals surface area contributed by atoms with Gasteiger partial charge in [0, 0.05) is 42.1 Å². The number of carbonyl (C=O) groups excluding carboxylic acids is 1. The van der Waals surface area contributed by atoms with Crippen LogP contribution in [-0.2, 0) is 6.54 Å². The fourth-order valence-electron chi connectivity index (χ4n) is 4.12. The molecule has 1 aromatic carbocycles. The largest absolute Gasteiger partial charge is 0.467 e. The summed E-state index contributed by atoms with van der Waals surface area (Å²) in [6.45, 7) is 3.44. The minimum atomic E-state index is -0.0290. The number of aromatic nitrogens is 4. The zero-order valence-corrected chi connectivity index (χ0v) is 16.2. The molecule has 9 heteroatoms. The second-order valence-electron chi connectivity index (χ2n) is 7.59. The summed E-state index contributed by atoms with van der Waals surface area (Å²) < 4.78 is 5.03. The number of amides is 2. The maximum absolute atomic E-state index is 12.6. The molecule has 3 N–H and O–H groups in total. The molecule has 1 saturated heterocycles. The van der Waals surface area contributed by atoms with Crippen molar-refractivity contribution in [3.05, 3.63) is 30.1 Å². The van der Waals surface area contributed by atoms with Crippen molar-refractivity contribution in [1.29, 1.82) is 0 Å². The van der Waals surface area contributed by atoms with Crippen LogP contribution < -0.4 is 15.4 Å². The van der Waals surface area contributed by atoms with Crippen molar-refractivity contribution in [2.45, 2.75) is 19.4 Å². The van der Waals surface area contributed by atoms with E-state index in [0.29, 0.717) is 18.5 Å². The Morgan fingerprint density at radius 3 is 2.76 bits per heavy atom. The zero-order chi connectivity index (χ0) is 19.8. The van der Waals surface area contributed by atoms with Gasteiger partial charge >= 0.3 is 12.0 Å². The average Bonchev–Trinajstić information content (AvgIpc) is 3.16. The van der Waals surface area contributed by atoms with Crippen LogP contribution in [0, 0.1) is 5.92 Å². The minimum absolute atomic E-state index is 0.0290. The summed E-state index contributed by atoms with van der Waals surface area (Å²) in [5.74, 6) is 0.549. The molecule has 1 fully saturated rings. The number of anilines is 1. The summed E-state index contributed by atoms with van der Waals surface area (Å²) in [6.07, 6.45) is 5.62. The van der Waals surface area contributed by atoms with E-state index >= 15 is 0 Å². The fraction of sp³-hybridized carbons (Fsp3) is 0.400. The highest BCUT2D eigenvalue weighted by Gasteiger charge is 2.27. The van der Waals surface area contributed by atoms with Crippen LogP contribution in [0.3, 0.4) is 0 Å². The van der Waals surface area contributed by atoms with Crippen LogP contribution in [0.15, 0.2) is 24.5 Å². The van der Waals surface area contributed by atoms with E-state index in [4.69, 9.17) is 4.74 Å². The third kappa shape index (κ3) is 3.38. The van der Waals surface area contributed by atoms with Crippen molar-refractivity contribution < 1.29 is 9.53 Å². The molecule has 2 aliphatic rings. The Balaban J connectivity index is 1.45. The molecule has 0 radical (unpaired) electrons. The highest BCUT2D eigenvalue weighted by atomic mass is 16.5. The van der Waals surface area contributed by atoms with Crippen LogP contribution >= 0.6 is 0 Å². The minimum Gasteiger partial charge on any atom is -0.467 e. The Morgan fingerprint density at radius 2 is 2.00 bits per heavy atom. The normalized spacial score (nSPS) is 17.3. The van der Waals surface area contributed by atoms with Crippen molar-refractivity contribution in [3.8, 4) is 17.3 Å². The molecule has 0 atom stereocenters. The second-order valence-corrected chi connectivity index (χ2v) is 7.59. The van der Waals surface area contributed by atoms with Gasteiger partial charge in [0.15, 0.2) is 0 Å². The van der Waals surface area contributed by atoms with Crippen LogP contribution in [-0.4, -0.2) is 57.8 Å². The van der Waals surface area contributed by atoms with Gasteiger partial charge in [-0.05, 0) is 49.5 Å². The highest BCUT2D eigenvalue weighted by Crippen LogP contribution is 2.33. The molecule has 2 amide bonds. The summed E-state index contributed by atoms with van der Waals surface area (Å²) in [7, 11) is 1.54. The fourth-order valence-corrected chi connectivity index (χ4v) is 4.12. The number of methoxy groups -OCH3 is 1. The van der Waals surface area contributed by atoms with Gasteiger partial charge in [-0.15, -0.1) is 0 Å². The van der Waals surface area contributed by atoms with Gasteiger partial charge in [-0.1, -0.05) is 0 Å². The Hall–Kier alpha value is -3.20. The number of hydrogen-bond acceptors (Lipinski definition) is 6. The summed E-state index contributed by atoms with van der Waals surface area (Å²) in [5.41, 5.74) is 4.38. The van der Waals surface area contributed by atoms with Crippen LogP contribution in [0.5, 0.6) is 6.01 Å². The number of piperidine rings is 1. The van der Waals surface area contributed by atoms with E-state index in [1.54, 1.807) is 12.4 Å². The van der Waals surface area contributed by atoms with Crippen LogP contribution in [0.25, 0.3) is 22.2 Å². The molecule has 2 aliphatic heterocycles. The van der Waals surface area contributed by atoms with E-state index in [2.05, 4.69) is 36.9 Å². The second kappa shape index (κ2) is 7.32. The van der Waals surface area contributed by atoms with Crippen LogP contribution in [0.1, 0.15) is 18.4 Å². The molecule has 3 aromatic rings. The number of benzene rings is 1. The number of hydrogen-bond donors (Lipinski definition) is 3. The van der Waals surface area contributed by atoms with Crippen LogP contribution in [0.2, 0.25) is 0 Å². The number of nitrogens with zero attached hydrogens (tertiary/aromatic N) is 4. The molecule has 0 unspecified atom stereocenters. The van der Waals surface area contributed by atoms with Crippen molar-refractivity contribution in [1.82, 2.24) is 30.4 Å². The van der Waals surface area contributed by atoms with Crippen LogP contribution in [0.4, 0.5) is 10.5 Å². The summed E-state index contributed by atoms with van der Waals surface area (Å²) >= 11 is 0. The molecule has 5 rings (SSSR count).